The van der Waals surface area contributed by atoms with Crippen molar-refractivity contribution < 1.29 is 14.7 Å². The van der Waals surface area contributed by atoms with E-state index in [2.05, 4.69) is 0 Å². The van der Waals surface area contributed by atoms with Crippen molar-refractivity contribution in [3.05, 3.63) is 53.6 Å². The quantitative estimate of drug-likeness (QED) is 0.608. The first-order valence-corrected chi connectivity index (χ1v) is 6.66. The molecule has 1 atom stereocenters. The molecule has 0 aliphatic rings. The van der Waals surface area contributed by atoms with Crippen LogP contribution in [0.15, 0.2) is 48.1 Å². The summed E-state index contributed by atoms with van der Waals surface area (Å²) in [6.07, 6.45) is 6.03. The van der Waals surface area contributed by atoms with Gasteiger partial charge in [0.05, 0.1) is 5.92 Å². The zero-order chi connectivity index (χ0) is 15.0. The minimum atomic E-state index is -0.859. The Morgan fingerprint density at radius 1 is 1.25 bits per heavy atom. The fourth-order valence-corrected chi connectivity index (χ4v) is 1.65. The van der Waals surface area contributed by atoms with Crippen molar-refractivity contribution in [1.82, 2.24) is 0 Å². The third-order valence-electron chi connectivity index (χ3n) is 2.97. The molecule has 0 aliphatic carbocycles. The highest BCUT2D eigenvalue weighted by Crippen LogP contribution is 2.09. The first-order chi connectivity index (χ1) is 9.49. The van der Waals surface area contributed by atoms with Crippen molar-refractivity contribution in [1.29, 1.82) is 0 Å². The van der Waals surface area contributed by atoms with Crippen LogP contribution < -0.4 is 0 Å². The summed E-state index contributed by atoms with van der Waals surface area (Å²) in [7, 11) is 0. The summed E-state index contributed by atoms with van der Waals surface area (Å²) in [5.74, 6) is -1.37. The lowest BCUT2D eigenvalue weighted by molar-refractivity contribution is -0.141. The van der Waals surface area contributed by atoms with E-state index in [1.165, 1.54) is 0 Å². The largest absolute Gasteiger partial charge is 0.481 e. The molecule has 1 rings (SSSR count). The lowest BCUT2D eigenvalue weighted by Crippen LogP contribution is -2.10. The third-order valence-corrected chi connectivity index (χ3v) is 2.97. The zero-order valence-corrected chi connectivity index (χ0v) is 11.9. The van der Waals surface area contributed by atoms with Gasteiger partial charge < -0.3 is 5.11 Å². The maximum Gasteiger partial charge on any atom is 0.306 e. The SMILES string of the molecule is CC(C=Cc1ccccc1)=CC(=O)CC[C@H](C)C(=O)O. The predicted molar refractivity (Wildman–Crippen MR) is 80.3 cm³/mol. The average molecular weight is 272 g/mol. The normalized spacial score (nSPS) is 13.4. The Kier molecular flexibility index (Phi) is 6.44. The van der Waals surface area contributed by atoms with Gasteiger partial charge in [-0.1, -0.05) is 49.4 Å². The smallest absolute Gasteiger partial charge is 0.306 e. The van der Waals surface area contributed by atoms with Crippen molar-refractivity contribution in [2.24, 2.45) is 5.92 Å². The van der Waals surface area contributed by atoms with E-state index in [1.54, 1.807) is 13.0 Å². The van der Waals surface area contributed by atoms with Crippen molar-refractivity contribution in [2.75, 3.05) is 0 Å². The number of carboxylic acids is 1. The summed E-state index contributed by atoms with van der Waals surface area (Å²) in [4.78, 5) is 22.3. The zero-order valence-electron chi connectivity index (χ0n) is 11.9. The minimum Gasteiger partial charge on any atom is -0.481 e. The molecule has 0 aromatic heterocycles. The van der Waals surface area contributed by atoms with E-state index in [1.807, 2.05) is 49.4 Å². The molecule has 0 heterocycles. The lowest BCUT2D eigenvalue weighted by Gasteiger charge is -2.03. The third kappa shape index (κ3) is 6.14. The van der Waals surface area contributed by atoms with E-state index in [0.29, 0.717) is 6.42 Å². The number of rotatable bonds is 7. The molecule has 0 radical (unpaired) electrons. The maximum atomic E-state index is 11.7. The number of benzene rings is 1. The summed E-state index contributed by atoms with van der Waals surface area (Å²) < 4.78 is 0. The first kappa shape index (κ1) is 15.9. The molecule has 3 nitrogen and oxygen atoms in total. The number of carboxylic acid groups (broad SMARTS) is 1. The highest BCUT2D eigenvalue weighted by atomic mass is 16.4. The molecule has 0 fully saturated rings. The number of aliphatic carboxylic acids is 1. The van der Waals surface area contributed by atoms with Crippen LogP contribution in [-0.4, -0.2) is 16.9 Å². The Hall–Kier alpha value is -2.16. The molecule has 1 aromatic rings. The Morgan fingerprint density at radius 3 is 2.50 bits per heavy atom. The number of hydrogen-bond donors (Lipinski definition) is 1. The van der Waals surface area contributed by atoms with Crippen LogP contribution in [0.3, 0.4) is 0 Å². The fraction of sp³-hybridized carbons (Fsp3) is 0.294. The highest BCUT2D eigenvalue weighted by Gasteiger charge is 2.11. The van der Waals surface area contributed by atoms with Gasteiger partial charge in [0.15, 0.2) is 5.78 Å². The molecule has 0 saturated carbocycles. The van der Waals surface area contributed by atoms with Gasteiger partial charge in [0.2, 0.25) is 0 Å². The summed E-state index contributed by atoms with van der Waals surface area (Å²) in [5.41, 5.74) is 1.94. The molecule has 0 unspecified atom stereocenters. The first-order valence-electron chi connectivity index (χ1n) is 6.66. The van der Waals surface area contributed by atoms with Crippen LogP contribution in [0.4, 0.5) is 0 Å². The van der Waals surface area contributed by atoms with Crippen molar-refractivity contribution in [3.8, 4) is 0 Å². The summed E-state index contributed by atoms with van der Waals surface area (Å²) in [6.45, 7) is 3.47. The van der Waals surface area contributed by atoms with Gasteiger partial charge in [-0.3, -0.25) is 9.59 Å². The van der Waals surface area contributed by atoms with Crippen molar-refractivity contribution in [3.63, 3.8) is 0 Å². The van der Waals surface area contributed by atoms with Crippen molar-refractivity contribution >= 4 is 17.8 Å². The number of hydrogen-bond acceptors (Lipinski definition) is 2. The van der Waals surface area contributed by atoms with Crippen LogP contribution in [0, 0.1) is 5.92 Å². The van der Waals surface area contributed by atoms with Gasteiger partial charge in [0.25, 0.3) is 0 Å². The molecular formula is C17H20O3. The monoisotopic (exact) mass is 272 g/mol. The highest BCUT2D eigenvalue weighted by molar-refractivity contribution is 5.91. The van der Waals surface area contributed by atoms with E-state index in [-0.39, 0.29) is 12.2 Å². The molecule has 3 heteroatoms. The van der Waals surface area contributed by atoms with Gasteiger partial charge in [-0.2, -0.15) is 0 Å². The van der Waals surface area contributed by atoms with Crippen LogP contribution in [0.1, 0.15) is 32.3 Å². The van der Waals surface area contributed by atoms with Gasteiger partial charge >= 0.3 is 5.97 Å². The average Bonchev–Trinajstić information content (AvgIpc) is 2.43. The van der Waals surface area contributed by atoms with E-state index >= 15 is 0 Å². The van der Waals surface area contributed by atoms with Crippen LogP contribution >= 0.6 is 0 Å². The Morgan fingerprint density at radius 2 is 1.90 bits per heavy atom. The fourth-order valence-electron chi connectivity index (χ4n) is 1.65. The number of allylic oxidation sites excluding steroid dienone is 3. The van der Waals surface area contributed by atoms with E-state index in [9.17, 15) is 9.59 Å². The van der Waals surface area contributed by atoms with Crippen LogP contribution in [0.5, 0.6) is 0 Å². The Bertz CT molecular complexity index is 512. The van der Waals surface area contributed by atoms with E-state index in [4.69, 9.17) is 5.11 Å². The second kappa shape index (κ2) is 8.10. The molecule has 0 saturated heterocycles. The molecule has 0 aliphatic heterocycles. The van der Waals surface area contributed by atoms with E-state index < -0.39 is 11.9 Å². The number of ketones is 1. The minimum absolute atomic E-state index is 0.0340. The second-order valence-corrected chi connectivity index (χ2v) is 4.88. The second-order valence-electron chi connectivity index (χ2n) is 4.88. The number of carbonyl (C=O) groups excluding carboxylic acids is 1. The summed E-state index contributed by atoms with van der Waals surface area (Å²) >= 11 is 0. The maximum absolute atomic E-state index is 11.7. The molecule has 1 N–H and O–H groups in total. The van der Waals surface area contributed by atoms with Crippen LogP contribution in [0.25, 0.3) is 6.08 Å². The van der Waals surface area contributed by atoms with Gasteiger partial charge in [-0.05, 0) is 30.6 Å². The predicted octanol–water partition coefficient (Wildman–Crippen LogP) is 3.72. The van der Waals surface area contributed by atoms with Gasteiger partial charge in [0, 0.05) is 6.42 Å². The number of carbonyl (C=O) groups is 2. The molecule has 0 bridgehead atoms. The van der Waals surface area contributed by atoms with Gasteiger partial charge in [0.1, 0.15) is 0 Å². The summed E-state index contributed by atoms with van der Waals surface area (Å²) in [6, 6.07) is 9.84. The lowest BCUT2D eigenvalue weighted by atomic mass is 10.0. The van der Waals surface area contributed by atoms with Crippen LogP contribution in [-0.2, 0) is 9.59 Å². The molecule has 20 heavy (non-hydrogen) atoms. The van der Waals surface area contributed by atoms with Gasteiger partial charge in [-0.15, -0.1) is 0 Å². The standard InChI is InChI=1S/C17H20O3/c1-13(8-10-15-6-4-3-5-7-15)12-16(18)11-9-14(2)17(19)20/h3-8,10,12,14H,9,11H2,1-2H3,(H,19,20)/t14-/m0/s1. The summed E-state index contributed by atoms with van der Waals surface area (Å²) in [5, 5.41) is 8.75. The molecular weight excluding hydrogens is 252 g/mol. The van der Waals surface area contributed by atoms with E-state index in [0.717, 1.165) is 11.1 Å². The van der Waals surface area contributed by atoms with Crippen molar-refractivity contribution in [2.45, 2.75) is 26.7 Å². The van der Waals surface area contributed by atoms with Crippen LogP contribution in [0.2, 0.25) is 0 Å². The molecule has 106 valence electrons. The Labute approximate surface area is 119 Å². The Balaban J connectivity index is 2.50. The molecule has 0 spiro atoms. The molecule has 0 amide bonds. The molecule has 1 aromatic carbocycles. The van der Waals surface area contributed by atoms with Gasteiger partial charge in [-0.25, -0.2) is 0 Å². The topological polar surface area (TPSA) is 54.4 Å².